The van der Waals surface area contributed by atoms with Crippen molar-refractivity contribution in [3.63, 3.8) is 0 Å². The molecule has 2 heteroatoms. The first-order valence-corrected chi connectivity index (χ1v) is 6.74. The number of aryl methyl sites for hydroxylation is 1. The van der Waals surface area contributed by atoms with Crippen LogP contribution in [-0.2, 0) is 6.42 Å². The molecule has 1 N–H and O–H groups in total. The lowest BCUT2D eigenvalue weighted by Gasteiger charge is -2.30. The summed E-state index contributed by atoms with van der Waals surface area (Å²) in [6, 6.07) is 7.59. The monoisotopic (exact) mass is 233 g/mol. The summed E-state index contributed by atoms with van der Waals surface area (Å²) in [5.74, 6) is 1.28. The summed E-state index contributed by atoms with van der Waals surface area (Å²) in [5.41, 5.74) is 1.33. The van der Waals surface area contributed by atoms with Gasteiger partial charge in [-0.25, -0.2) is 0 Å². The van der Waals surface area contributed by atoms with Crippen LogP contribution in [0.25, 0.3) is 0 Å². The standard InChI is InChI=1S/C15H23NO/c1-13-8-11-16(12-9-13)10-2-3-14-4-6-15(17)7-5-14/h4-7,13,17H,2-3,8-12H2,1H3. The largest absolute Gasteiger partial charge is 0.508 e. The number of nitrogens with zero attached hydrogens (tertiary/aromatic N) is 1. The lowest BCUT2D eigenvalue weighted by atomic mass is 9.99. The number of hydrogen-bond donors (Lipinski definition) is 1. The summed E-state index contributed by atoms with van der Waals surface area (Å²) >= 11 is 0. The van der Waals surface area contributed by atoms with Crippen LogP contribution < -0.4 is 0 Å². The number of piperidine rings is 1. The first-order valence-electron chi connectivity index (χ1n) is 6.74. The first-order chi connectivity index (χ1) is 8.24. The second kappa shape index (κ2) is 6.06. The second-order valence-corrected chi connectivity index (χ2v) is 5.29. The van der Waals surface area contributed by atoms with Crippen LogP contribution in [0.4, 0.5) is 0 Å². The van der Waals surface area contributed by atoms with Crippen LogP contribution in [0.2, 0.25) is 0 Å². The Morgan fingerprint density at radius 3 is 2.47 bits per heavy atom. The SMILES string of the molecule is CC1CCN(CCCc2ccc(O)cc2)CC1. The number of hydrogen-bond acceptors (Lipinski definition) is 2. The van der Waals surface area contributed by atoms with Gasteiger partial charge in [0.2, 0.25) is 0 Å². The minimum atomic E-state index is 0.360. The number of benzene rings is 1. The Balaban J connectivity index is 1.67. The van der Waals surface area contributed by atoms with E-state index in [1.54, 1.807) is 12.1 Å². The molecule has 1 aliphatic heterocycles. The fourth-order valence-electron chi connectivity index (χ4n) is 2.46. The molecule has 1 heterocycles. The smallest absolute Gasteiger partial charge is 0.115 e. The van der Waals surface area contributed by atoms with Crippen molar-refractivity contribution in [2.75, 3.05) is 19.6 Å². The minimum absolute atomic E-state index is 0.360. The Hall–Kier alpha value is -1.02. The summed E-state index contributed by atoms with van der Waals surface area (Å²) < 4.78 is 0. The average Bonchev–Trinajstić information content (AvgIpc) is 2.34. The predicted octanol–water partition coefficient (Wildman–Crippen LogP) is 3.06. The Bertz CT molecular complexity index is 325. The van der Waals surface area contributed by atoms with E-state index in [1.165, 1.54) is 44.5 Å². The highest BCUT2D eigenvalue weighted by atomic mass is 16.3. The van der Waals surface area contributed by atoms with Gasteiger partial charge in [0, 0.05) is 0 Å². The van der Waals surface area contributed by atoms with Gasteiger partial charge in [0.25, 0.3) is 0 Å². The normalized spacial score (nSPS) is 18.4. The van der Waals surface area contributed by atoms with Crippen LogP contribution in [-0.4, -0.2) is 29.6 Å². The molecule has 17 heavy (non-hydrogen) atoms. The highest BCUT2D eigenvalue weighted by Gasteiger charge is 2.14. The van der Waals surface area contributed by atoms with Crippen LogP contribution >= 0.6 is 0 Å². The molecule has 1 aliphatic rings. The number of rotatable bonds is 4. The summed E-state index contributed by atoms with van der Waals surface area (Å²) in [6.07, 6.45) is 5.06. The molecule has 0 amide bonds. The molecule has 0 unspecified atom stereocenters. The van der Waals surface area contributed by atoms with E-state index in [0.29, 0.717) is 5.75 Å². The van der Waals surface area contributed by atoms with Gasteiger partial charge in [-0.1, -0.05) is 19.1 Å². The third-order valence-corrected chi connectivity index (χ3v) is 3.75. The molecule has 1 fully saturated rings. The molecule has 0 aromatic heterocycles. The van der Waals surface area contributed by atoms with E-state index in [2.05, 4.69) is 11.8 Å². The maximum absolute atomic E-state index is 9.20. The summed E-state index contributed by atoms with van der Waals surface area (Å²) in [7, 11) is 0. The van der Waals surface area contributed by atoms with E-state index in [-0.39, 0.29) is 0 Å². The Morgan fingerprint density at radius 2 is 1.82 bits per heavy atom. The van der Waals surface area contributed by atoms with Gasteiger partial charge in [-0.3, -0.25) is 0 Å². The highest BCUT2D eigenvalue weighted by molar-refractivity contribution is 5.25. The van der Waals surface area contributed by atoms with E-state index in [9.17, 15) is 5.11 Å². The van der Waals surface area contributed by atoms with Gasteiger partial charge in [-0.15, -0.1) is 0 Å². The maximum Gasteiger partial charge on any atom is 0.115 e. The van der Waals surface area contributed by atoms with E-state index in [4.69, 9.17) is 0 Å². The topological polar surface area (TPSA) is 23.5 Å². The van der Waals surface area contributed by atoms with Gasteiger partial charge in [0.05, 0.1) is 0 Å². The van der Waals surface area contributed by atoms with Crippen LogP contribution in [0.3, 0.4) is 0 Å². The fraction of sp³-hybridized carbons (Fsp3) is 0.600. The lowest BCUT2D eigenvalue weighted by Crippen LogP contribution is -2.33. The van der Waals surface area contributed by atoms with E-state index < -0.39 is 0 Å². The van der Waals surface area contributed by atoms with Crippen molar-refractivity contribution in [2.24, 2.45) is 5.92 Å². The van der Waals surface area contributed by atoms with Crippen molar-refractivity contribution < 1.29 is 5.11 Å². The zero-order valence-electron chi connectivity index (χ0n) is 10.7. The highest BCUT2D eigenvalue weighted by Crippen LogP contribution is 2.17. The van der Waals surface area contributed by atoms with Gasteiger partial charge in [-0.2, -0.15) is 0 Å². The first kappa shape index (κ1) is 12.4. The second-order valence-electron chi connectivity index (χ2n) is 5.29. The molecule has 1 aromatic rings. The number of phenolic OH excluding ortho intramolecular Hbond substituents is 1. The Labute approximate surface area is 104 Å². The van der Waals surface area contributed by atoms with Crippen LogP contribution in [0.1, 0.15) is 31.7 Å². The zero-order valence-corrected chi connectivity index (χ0v) is 10.7. The van der Waals surface area contributed by atoms with Gasteiger partial charge < -0.3 is 10.0 Å². The average molecular weight is 233 g/mol. The molecule has 1 saturated heterocycles. The number of aromatic hydroxyl groups is 1. The van der Waals surface area contributed by atoms with Gasteiger partial charge in [0.1, 0.15) is 5.75 Å². The number of likely N-dealkylation sites (tertiary alicyclic amines) is 1. The van der Waals surface area contributed by atoms with Crippen LogP contribution in [0, 0.1) is 5.92 Å². The molecule has 0 radical (unpaired) electrons. The maximum atomic E-state index is 9.20. The molecule has 0 bridgehead atoms. The minimum Gasteiger partial charge on any atom is -0.508 e. The van der Waals surface area contributed by atoms with Gasteiger partial charge >= 0.3 is 0 Å². The molecule has 1 aromatic carbocycles. The third kappa shape index (κ3) is 4.04. The van der Waals surface area contributed by atoms with Crippen molar-refractivity contribution in [3.8, 4) is 5.75 Å². The third-order valence-electron chi connectivity index (χ3n) is 3.75. The molecular weight excluding hydrogens is 210 g/mol. The van der Waals surface area contributed by atoms with E-state index in [1.807, 2.05) is 12.1 Å². The predicted molar refractivity (Wildman–Crippen MR) is 71.3 cm³/mol. The molecule has 2 rings (SSSR count). The molecule has 0 spiro atoms. The van der Waals surface area contributed by atoms with E-state index in [0.717, 1.165) is 12.3 Å². The van der Waals surface area contributed by atoms with Crippen molar-refractivity contribution in [2.45, 2.75) is 32.6 Å². The molecular formula is C15H23NO. The van der Waals surface area contributed by atoms with E-state index >= 15 is 0 Å². The van der Waals surface area contributed by atoms with Crippen molar-refractivity contribution >= 4 is 0 Å². The summed E-state index contributed by atoms with van der Waals surface area (Å²) in [6.45, 7) is 6.12. The molecule has 2 nitrogen and oxygen atoms in total. The number of phenols is 1. The zero-order chi connectivity index (χ0) is 12.1. The van der Waals surface area contributed by atoms with Crippen molar-refractivity contribution in [1.29, 1.82) is 0 Å². The molecule has 0 saturated carbocycles. The fourth-order valence-corrected chi connectivity index (χ4v) is 2.46. The molecule has 94 valence electrons. The van der Waals surface area contributed by atoms with Gasteiger partial charge in [0.15, 0.2) is 0 Å². The molecule has 0 atom stereocenters. The van der Waals surface area contributed by atoms with Crippen molar-refractivity contribution in [3.05, 3.63) is 29.8 Å². The van der Waals surface area contributed by atoms with Crippen LogP contribution in [0.15, 0.2) is 24.3 Å². The van der Waals surface area contributed by atoms with Crippen molar-refractivity contribution in [1.82, 2.24) is 4.90 Å². The quantitative estimate of drug-likeness (QED) is 0.864. The summed E-state index contributed by atoms with van der Waals surface area (Å²) in [5, 5.41) is 9.20. The Kier molecular flexibility index (Phi) is 4.43. The van der Waals surface area contributed by atoms with Crippen LogP contribution in [0.5, 0.6) is 5.75 Å². The molecule has 0 aliphatic carbocycles. The Morgan fingerprint density at radius 1 is 1.18 bits per heavy atom. The summed E-state index contributed by atoms with van der Waals surface area (Å²) in [4.78, 5) is 2.58. The lowest BCUT2D eigenvalue weighted by molar-refractivity contribution is 0.191. The van der Waals surface area contributed by atoms with Gasteiger partial charge in [-0.05, 0) is 68.9 Å².